The fraction of sp³-hybridized carbons (Fsp3) is 0.368. The lowest BCUT2D eigenvalue weighted by Gasteiger charge is -2.21. The first-order valence-electron chi connectivity index (χ1n) is 7.76. The van der Waals surface area contributed by atoms with Crippen LogP contribution in [0.4, 0.5) is 0 Å². The van der Waals surface area contributed by atoms with Crippen molar-refractivity contribution in [2.75, 3.05) is 26.5 Å². The fourth-order valence-electron chi connectivity index (χ4n) is 2.42. The van der Waals surface area contributed by atoms with Gasteiger partial charge in [-0.1, -0.05) is 24.3 Å². The Labute approximate surface area is 143 Å². The molecule has 0 bridgehead atoms. The van der Waals surface area contributed by atoms with Crippen molar-refractivity contribution in [1.82, 2.24) is 4.90 Å². The third-order valence-electron chi connectivity index (χ3n) is 3.57. The van der Waals surface area contributed by atoms with Gasteiger partial charge in [0.2, 0.25) is 0 Å². The quantitative estimate of drug-likeness (QED) is 0.749. The van der Waals surface area contributed by atoms with Crippen molar-refractivity contribution in [2.24, 2.45) is 0 Å². The van der Waals surface area contributed by atoms with E-state index in [1.54, 1.807) is 11.8 Å². The maximum absolute atomic E-state index is 10.1. The summed E-state index contributed by atoms with van der Waals surface area (Å²) >= 11 is 1.74. The van der Waals surface area contributed by atoms with Gasteiger partial charge in [0.1, 0.15) is 18.5 Å². The number of aliphatic hydroxyl groups excluding tert-OH is 1. The van der Waals surface area contributed by atoms with E-state index in [0.29, 0.717) is 13.2 Å². The summed E-state index contributed by atoms with van der Waals surface area (Å²) in [6.45, 7) is 3.73. The second kappa shape index (κ2) is 8.96. The van der Waals surface area contributed by atoms with E-state index in [9.17, 15) is 5.11 Å². The topological polar surface area (TPSA) is 32.7 Å². The molecule has 2 aromatic rings. The number of hydrogen-bond donors (Lipinski definition) is 1. The van der Waals surface area contributed by atoms with E-state index >= 15 is 0 Å². The van der Waals surface area contributed by atoms with Crippen LogP contribution in [0.15, 0.2) is 53.4 Å². The summed E-state index contributed by atoms with van der Waals surface area (Å²) < 4.78 is 5.65. The predicted octanol–water partition coefficient (Wildman–Crippen LogP) is 3.59. The molecule has 3 nitrogen and oxygen atoms in total. The minimum Gasteiger partial charge on any atom is -0.491 e. The highest BCUT2D eigenvalue weighted by Gasteiger charge is 2.10. The molecular weight excluding hydrogens is 306 g/mol. The average Bonchev–Trinajstić information content (AvgIpc) is 2.53. The molecule has 124 valence electrons. The molecule has 0 saturated heterocycles. The molecule has 0 fully saturated rings. The highest BCUT2D eigenvalue weighted by Crippen LogP contribution is 2.16. The number of benzene rings is 2. The standard InChI is InChI=1S/C19H25NO2S/c1-15-5-4-6-18(11-15)22-14-17(21)13-20(2)12-16-7-9-19(23-3)10-8-16/h4-11,17,21H,12-14H2,1-3H3. The molecular formula is C19H25NO2S. The van der Waals surface area contributed by atoms with Crippen LogP contribution in [0.25, 0.3) is 0 Å². The lowest BCUT2D eigenvalue weighted by molar-refractivity contribution is 0.0743. The molecule has 0 saturated carbocycles. The first-order valence-corrected chi connectivity index (χ1v) is 8.98. The number of likely N-dealkylation sites (N-methyl/N-ethyl adjacent to an activating group) is 1. The Morgan fingerprint density at radius 1 is 1.17 bits per heavy atom. The van der Waals surface area contributed by atoms with Gasteiger partial charge in [0.05, 0.1) is 0 Å². The van der Waals surface area contributed by atoms with Crippen LogP contribution in [-0.4, -0.2) is 42.6 Å². The monoisotopic (exact) mass is 331 g/mol. The Morgan fingerprint density at radius 2 is 1.91 bits per heavy atom. The van der Waals surface area contributed by atoms with Crippen LogP contribution in [0.2, 0.25) is 0 Å². The maximum atomic E-state index is 10.1. The Bertz CT molecular complexity index is 601. The van der Waals surface area contributed by atoms with Crippen LogP contribution < -0.4 is 4.74 Å². The Kier molecular flexibility index (Phi) is 6.96. The summed E-state index contributed by atoms with van der Waals surface area (Å²) in [6.07, 6.45) is 1.57. The first-order chi connectivity index (χ1) is 11.1. The molecule has 1 N–H and O–H groups in total. The number of rotatable bonds is 8. The summed E-state index contributed by atoms with van der Waals surface area (Å²) in [7, 11) is 2.01. The number of thioether (sulfide) groups is 1. The van der Waals surface area contributed by atoms with E-state index in [2.05, 4.69) is 35.4 Å². The predicted molar refractivity (Wildman–Crippen MR) is 97.2 cm³/mol. The fourth-order valence-corrected chi connectivity index (χ4v) is 2.83. The van der Waals surface area contributed by atoms with Gasteiger partial charge >= 0.3 is 0 Å². The van der Waals surface area contributed by atoms with Gasteiger partial charge in [0.25, 0.3) is 0 Å². The Morgan fingerprint density at radius 3 is 2.57 bits per heavy atom. The van der Waals surface area contributed by atoms with Crippen molar-refractivity contribution in [2.45, 2.75) is 24.5 Å². The molecule has 0 heterocycles. The summed E-state index contributed by atoms with van der Waals surface area (Å²) in [6, 6.07) is 16.4. The van der Waals surface area contributed by atoms with Crippen LogP contribution in [0.3, 0.4) is 0 Å². The lowest BCUT2D eigenvalue weighted by atomic mass is 10.2. The van der Waals surface area contributed by atoms with Crippen LogP contribution in [0.5, 0.6) is 5.75 Å². The van der Waals surface area contributed by atoms with Crippen molar-refractivity contribution in [1.29, 1.82) is 0 Å². The second-order valence-electron chi connectivity index (χ2n) is 5.83. The van der Waals surface area contributed by atoms with Crippen LogP contribution in [0, 0.1) is 6.92 Å². The number of aliphatic hydroxyl groups is 1. The molecule has 4 heteroatoms. The lowest BCUT2D eigenvalue weighted by Crippen LogP contribution is -2.32. The molecule has 0 amide bonds. The molecule has 2 aromatic carbocycles. The number of ether oxygens (including phenoxy) is 1. The van der Waals surface area contributed by atoms with Crippen molar-refractivity contribution in [3.05, 3.63) is 59.7 Å². The van der Waals surface area contributed by atoms with Gasteiger partial charge in [-0.2, -0.15) is 0 Å². The molecule has 0 spiro atoms. The zero-order valence-electron chi connectivity index (χ0n) is 14.0. The van der Waals surface area contributed by atoms with Crippen LogP contribution >= 0.6 is 11.8 Å². The van der Waals surface area contributed by atoms with Gasteiger partial charge in [-0.3, -0.25) is 4.90 Å². The third kappa shape index (κ3) is 6.26. The molecule has 0 aliphatic rings. The second-order valence-corrected chi connectivity index (χ2v) is 6.71. The van der Waals surface area contributed by atoms with Gasteiger partial charge in [0.15, 0.2) is 0 Å². The smallest absolute Gasteiger partial charge is 0.119 e. The maximum Gasteiger partial charge on any atom is 0.119 e. The van der Waals surface area contributed by atoms with Gasteiger partial charge in [-0.15, -0.1) is 11.8 Å². The number of hydrogen-bond acceptors (Lipinski definition) is 4. The van der Waals surface area contributed by atoms with Gasteiger partial charge in [-0.25, -0.2) is 0 Å². The minimum absolute atomic E-state index is 0.305. The molecule has 0 aliphatic heterocycles. The van der Waals surface area contributed by atoms with E-state index in [1.807, 2.05) is 38.2 Å². The normalized spacial score (nSPS) is 12.4. The van der Waals surface area contributed by atoms with Crippen LogP contribution in [-0.2, 0) is 6.54 Å². The Balaban J connectivity index is 1.76. The molecule has 0 radical (unpaired) electrons. The van der Waals surface area contributed by atoms with Gasteiger partial charge in [0, 0.05) is 18.0 Å². The van der Waals surface area contributed by atoms with Gasteiger partial charge in [-0.05, 0) is 55.6 Å². The summed E-state index contributed by atoms with van der Waals surface area (Å²) in [5.41, 5.74) is 2.40. The molecule has 0 aliphatic carbocycles. The minimum atomic E-state index is -0.508. The highest BCUT2D eigenvalue weighted by molar-refractivity contribution is 7.98. The molecule has 2 rings (SSSR count). The van der Waals surface area contributed by atoms with E-state index in [4.69, 9.17) is 4.74 Å². The van der Waals surface area contributed by atoms with Crippen molar-refractivity contribution in [3.8, 4) is 5.75 Å². The summed E-state index contributed by atoms with van der Waals surface area (Å²) in [5.74, 6) is 0.805. The van der Waals surface area contributed by atoms with Gasteiger partial charge < -0.3 is 9.84 Å². The largest absolute Gasteiger partial charge is 0.491 e. The van der Waals surface area contributed by atoms with Crippen molar-refractivity contribution in [3.63, 3.8) is 0 Å². The van der Waals surface area contributed by atoms with E-state index in [-0.39, 0.29) is 0 Å². The number of nitrogens with zero attached hydrogens (tertiary/aromatic N) is 1. The molecule has 1 atom stereocenters. The van der Waals surface area contributed by atoms with Crippen molar-refractivity contribution < 1.29 is 9.84 Å². The molecule has 0 aromatic heterocycles. The average molecular weight is 331 g/mol. The van der Waals surface area contributed by atoms with Crippen molar-refractivity contribution >= 4 is 11.8 Å². The first kappa shape index (κ1) is 17.9. The Hall–Kier alpha value is -1.49. The zero-order valence-corrected chi connectivity index (χ0v) is 14.8. The number of aryl methyl sites for hydroxylation is 1. The van der Waals surface area contributed by atoms with Crippen LogP contribution in [0.1, 0.15) is 11.1 Å². The SMILES string of the molecule is CSc1ccc(CN(C)CC(O)COc2cccc(C)c2)cc1. The molecule has 1 unspecified atom stereocenters. The van der Waals surface area contributed by atoms with E-state index in [0.717, 1.165) is 17.9 Å². The van der Waals surface area contributed by atoms with E-state index in [1.165, 1.54) is 10.5 Å². The molecule has 23 heavy (non-hydrogen) atoms. The third-order valence-corrected chi connectivity index (χ3v) is 4.31. The highest BCUT2D eigenvalue weighted by atomic mass is 32.2. The summed E-state index contributed by atoms with van der Waals surface area (Å²) in [5, 5.41) is 10.1. The zero-order chi connectivity index (χ0) is 16.7. The summed E-state index contributed by atoms with van der Waals surface area (Å²) in [4.78, 5) is 3.38. The van der Waals surface area contributed by atoms with E-state index < -0.39 is 6.10 Å².